The number of piperazine rings is 1. The molecular formula is C25H27ClN4O2. The smallest absolute Gasteiger partial charge is 0.260 e. The molecule has 0 atom stereocenters. The van der Waals surface area contributed by atoms with Gasteiger partial charge in [0.2, 0.25) is 0 Å². The number of anilines is 1. The van der Waals surface area contributed by atoms with Crippen LogP contribution in [-0.4, -0.2) is 53.8 Å². The predicted molar refractivity (Wildman–Crippen MR) is 127 cm³/mol. The zero-order valence-corrected chi connectivity index (χ0v) is 19.4. The molecule has 0 unspecified atom stereocenters. The summed E-state index contributed by atoms with van der Waals surface area (Å²) in [4.78, 5) is 16.5. The van der Waals surface area contributed by atoms with E-state index in [2.05, 4.69) is 48.0 Å². The average molecular weight is 451 g/mol. The molecule has 7 heteroatoms. The van der Waals surface area contributed by atoms with Gasteiger partial charge in [-0.2, -0.15) is 0 Å². The summed E-state index contributed by atoms with van der Waals surface area (Å²) in [5.41, 5.74) is 5.71. The number of amides is 1. The second-order valence-corrected chi connectivity index (χ2v) is 8.58. The molecule has 1 aliphatic heterocycles. The fourth-order valence-electron chi connectivity index (χ4n) is 3.85. The van der Waals surface area contributed by atoms with Gasteiger partial charge in [-0.1, -0.05) is 23.7 Å². The van der Waals surface area contributed by atoms with E-state index in [0.29, 0.717) is 37.0 Å². The lowest BCUT2D eigenvalue weighted by Crippen LogP contribution is -2.50. The van der Waals surface area contributed by atoms with Crippen molar-refractivity contribution in [1.29, 1.82) is 0 Å². The first-order valence-corrected chi connectivity index (χ1v) is 11.1. The van der Waals surface area contributed by atoms with Crippen LogP contribution in [-0.2, 0) is 4.79 Å². The monoisotopic (exact) mass is 450 g/mol. The first kappa shape index (κ1) is 22.1. The molecule has 4 rings (SSSR count). The molecule has 0 aliphatic carbocycles. The summed E-state index contributed by atoms with van der Waals surface area (Å²) >= 11 is 5.96. The summed E-state index contributed by atoms with van der Waals surface area (Å²) in [6.07, 6.45) is 0. The molecule has 0 spiro atoms. The molecule has 1 aromatic heterocycles. The van der Waals surface area contributed by atoms with Crippen LogP contribution >= 0.6 is 11.6 Å². The minimum absolute atomic E-state index is 0.00413. The summed E-state index contributed by atoms with van der Waals surface area (Å²) in [6, 6.07) is 15.5. The maximum Gasteiger partial charge on any atom is 0.260 e. The molecular weight excluding hydrogens is 424 g/mol. The van der Waals surface area contributed by atoms with Crippen LogP contribution in [0.1, 0.15) is 16.7 Å². The van der Waals surface area contributed by atoms with Crippen LogP contribution in [0.25, 0.3) is 11.3 Å². The second-order valence-electron chi connectivity index (χ2n) is 8.14. The topological polar surface area (TPSA) is 58.6 Å². The van der Waals surface area contributed by atoms with Crippen molar-refractivity contribution in [1.82, 2.24) is 15.1 Å². The third-order valence-corrected chi connectivity index (χ3v) is 6.12. The van der Waals surface area contributed by atoms with E-state index in [-0.39, 0.29) is 12.5 Å². The number of nitrogens with zero attached hydrogens (tertiary/aromatic N) is 4. The second kappa shape index (κ2) is 9.57. The van der Waals surface area contributed by atoms with Crippen molar-refractivity contribution in [3.8, 4) is 17.0 Å². The number of ether oxygens (including phenoxy) is 1. The van der Waals surface area contributed by atoms with E-state index < -0.39 is 0 Å². The zero-order chi connectivity index (χ0) is 22.7. The van der Waals surface area contributed by atoms with E-state index in [0.717, 1.165) is 17.1 Å². The number of aryl methyl sites for hydroxylation is 3. The van der Waals surface area contributed by atoms with Crippen LogP contribution in [0.5, 0.6) is 5.75 Å². The van der Waals surface area contributed by atoms with E-state index in [1.807, 2.05) is 17.0 Å². The van der Waals surface area contributed by atoms with Crippen molar-refractivity contribution < 1.29 is 9.53 Å². The van der Waals surface area contributed by atoms with E-state index in [1.165, 1.54) is 16.7 Å². The Balaban J connectivity index is 1.33. The SMILES string of the molecule is Cc1cc(C)c(-c2ccc(N3CCN(C(=O)COc4cccc(Cl)c4)CC3)nn2)cc1C. The average Bonchev–Trinajstić information content (AvgIpc) is 2.80. The summed E-state index contributed by atoms with van der Waals surface area (Å²) in [7, 11) is 0. The first-order chi connectivity index (χ1) is 15.4. The predicted octanol–water partition coefficient (Wildman–Crippen LogP) is 4.45. The molecule has 2 heterocycles. The number of hydrogen-bond acceptors (Lipinski definition) is 5. The lowest BCUT2D eigenvalue weighted by Gasteiger charge is -2.35. The van der Waals surface area contributed by atoms with Gasteiger partial charge in [0.1, 0.15) is 5.75 Å². The number of benzene rings is 2. The van der Waals surface area contributed by atoms with Crippen LogP contribution in [0.15, 0.2) is 48.5 Å². The minimum atomic E-state index is -0.0312. The summed E-state index contributed by atoms with van der Waals surface area (Å²) < 4.78 is 5.58. The van der Waals surface area contributed by atoms with Gasteiger partial charge in [-0.25, -0.2) is 0 Å². The van der Waals surface area contributed by atoms with Crippen molar-refractivity contribution >= 4 is 23.3 Å². The lowest BCUT2D eigenvalue weighted by atomic mass is 9.99. The molecule has 0 radical (unpaired) electrons. The van der Waals surface area contributed by atoms with Crippen molar-refractivity contribution in [3.63, 3.8) is 0 Å². The highest BCUT2D eigenvalue weighted by atomic mass is 35.5. The molecule has 1 fully saturated rings. The van der Waals surface area contributed by atoms with Gasteiger partial charge >= 0.3 is 0 Å². The van der Waals surface area contributed by atoms with Gasteiger partial charge in [0.15, 0.2) is 12.4 Å². The van der Waals surface area contributed by atoms with Gasteiger partial charge in [-0.15, -0.1) is 10.2 Å². The fourth-order valence-corrected chi connectivity index (χ4v) is 4.03. The van der Waals surface area contributed by atoms with Gasteiger partial charge in [0.25, 0.3) is 5.91 Å². The Morgan fingerprint density at radius 1 is 0.938 bits per heavy atom. The fraction of sp³-hybridized carbons (Fsp3) is 0.320. The van der Waals surface area contributed by atoms with Crippen molar-refractivity contribution in [2.24, 2.45) is 0 Å². The van der Waals surface area contributed by atoms with Gasteiger partial charge in [-0.05, 0) is 73.9 Å². The van der Waals surface area contributed by atoms with E-state index in [9.17, 15) is 4.79 Å². The summed E-state index contributed by atoms with van der Waals surface area (Å²) in [6.45, 7) is 9.00. The molecule has 1 aliphatic rings. The lowest BCUT2D eigenvalue weighted by molar-refractivity contribution is -0.133. The van der Waals surface area contributed by atoms with Crippen LogP contribution in [0, 0.1) is 20.8 Å². The van der Waals surface area contributed by atoms with Crippen LogP contribution in [0.2, 0.25) is 5.02 Å². The number of rotatable bonds is 5. The molecule has 1 saturated heterocycles. The third kappa shape index (κ3) is 5.02. The Hall–Kier alpha value is -3.12. The molecule has 1 amide bonds. The molecule has 0 saturated carbocycles. The number of hydrogen-bond donors (Lipinski definition) is 0. The first-order valence-electron chi connectivity index (χ1n) is 10.7. The Kier molecular flexibility index (Phi) is 6.61. The summed E-state index contributed by atoms with van der Waals surface area (Å²) in [5, 5.41) is 9.52. The number of carbonyl (C=O) groups excluding carboxylic acids is 1. The Morgan fingerprint density at radius 3 is 2.38 bits per heavy atom. The van der Waals surface area contributed by atoms with Crippen LogP contribution in [0.4, 0.5) is 5.82 Å². The third-order valence-electron chi connectivity index (χ3n) is 5.88. The van der Waals surface area contributed by atoms with Crippen LogP contribution < -0.4 is 9.64 Å². The number of carbonyl (C=O) groups is 1. The Labute approximate surface area is 193 Å². The highest BCUT2D eigenvalue weighted by Gasteiger charge is 2.22. The van der Waals surface area contributed by atoms with Crippen molar-refractivity contribution in [2.75, 3.05) is 37.7 Å². The quantitative estimate of drug-likeness (QED) is 0.574. The highest BCUT2D eigenvalue weighted by Crippen LogP contribution is 2.25. The molecule has 32 heavy (non-hydrogen) atoms. The largest absolute Gasteiger partial charge is 0.484 e. The van der Waals surface area contributed by atoms with E-state index in [4.69, 9.17) is 16.3 Å². The van der Waals surface area contributed by atoms with Gasteiger partial charge in [-0.3, -0.25) is 4.79 Å². The zero-order valence-electron chi connectivity index (χ0n) is 18.6. The Bertz CT molecular complexity index is 1110. The number of aromatic nitrogens is 2. The van der Waals surface area contributed by atoms with E-state index >= 15 is 0 Å². The molecule has 0 bridgehead atoms. The van der Waals surface area contributed by atoms with Gasteiger partial charge in [0, 0.05) is 36.8 Å². The van der Waals surface area contributed by atoms with Crippen LogP contribution in [0.3, 0.4) is 0 Å². The molecule has 0 N–H and O–H groups in total. The van der Waals surface area contributed by atoms with Gasteiger partial charge in [0.05, 0.1) is 5.69 Å². The van der Waals surface area contributed by atoms with Crippen molar-refractivity contribution in [3.05, 3.63) is 70.2 Å². The Morgan fingerprint density at radius 2 is 1.69 bits per heavy atom. The molecule has 166 valence electrons. The summed E-state index contributed by atoms with van der Waals surface area (Å²) in [5.74, 6) is 1.40. The van der Waals surface area contributed by atoms with Gasteiger partial charge < -0.3 is 14.5 Å². The van der Waals surface area contributed by atoms with Crippen molar-refractivity contribution in [2.45, 2.75) is 20.8 Å². The molecule has 3 aromatic rings. The highest BCUT2D eigenvalue weighted by molar-refractivity contribution is 6.30. The van der Waals surface area contributed by atoms with E-state index in [1.54, 1.807) is 24.3 Å². The minimum Gasteiger partial charge on any atom is -0.484 e. The number of halogens is 1. The molecule has 6 nitrogen and oxygen atoms in total. The maximum absolute atomic E-state index is 12.5. The molecule has 2 aromatic carbocycles. The normalized spacial score (nSPS) is 13.9. The standard InChI is InChI=1S/C25H27ClN4O2/c1-17-13-19(3)22(14-18(17)2)23-7-8-24(28-27-23)29-9-11-30(12-10-29)25(31)16-32-21-6-4-5-20(26)15-21/h4-8,13-15H,9-12,16H2,1-3H3. The maximum atomic E-state index is 12.5.